The molecule has 0 radical (unpaired) electrons. The van der Waals surface area contributed by atoms with Gasteiger partial charge in [-0.15, -0.1) is 0 Å². The highest BCUT2D eigenvalue weighted by Gasteiger charge is 2.24. The van der Waals surface area contributed by atoms with Crippen LogP contribution < -0.4 is 10.2 Å². The molecule has 1 atom stereocenters. The number of carbonyl (C=O) groups excluding carboxylic acids is 1. The predicted molar refractivity (Wildman–Crippen MR) is 76.7 cm³/mol. The molecule has 4 heteroatoms. The fourth-order valence-electron chi connectivity index (χ4n) is 1.50. The molecule has 1 aromatic rings. The molecule has 1 aromatic carbocycles. The van der Waals surface area contributed by atoms with Gasteiger partial charge in [-0.25, -0.2) is 0 Å². The lowest BCUT2D eigenvalue weighted by Crippen LogP contribution is -2.36. The van der Waals surface area contributed by atoms with Crippen molar-refractivity contribution in [2.24, 2.45) is 5.41 Å². The Balaban J connectivity index is 2.87. The molecule has 102 valence electrons. The van der Waals surface area contributed by atoms with Crippen molar-refractivity contribution >= 4 is 11.6 Å². The van der Waals surface area contributed by atoms with Gasteiger partial charge in [-0.3, -0.25) is 4.79 Å². The molecule has 0 spiro atoms. The molecule has 1 rings (SSSR count). The van der Waals surface area contributed by atoms with E-state index in [0.717, 1.165) is 11.3 Å². The van der Waals surface area contributed by atoms with E-state index < -0.39 is 11.5 Å². The van der Waals surface area contributed by atoms with Crippen LogP contribution in [-0.2, 0) is 4.79 Å². The lowest BCUT2D eigenvalue weighted by molar-refractivity contribution is -0.128. The number of nitriles is 1. The highest BCUT2D eigenvalue weighted by atomic mass is 16.2. The van der Waals surface area contributed by atoms with Crippen LogP contribution in [0.25, 0.3) is 0 Å². The average Bonchev–Trinajstić information content (AvgIpc) is 2.34. The number of carbonyl (C=O) groups is 1. The summed E-state index contributed by atoms with van der Waals surface area (Å²) in [6.45, 7) is 5.48. The van der Waals surface area contributed by atoms with Gasteiger partial charge in [0.25, 0.3) is 0 Å². The third-order valence-corrected chi connectivity index (χ3v) is 2.83. The Morgan fingerprint density at radius 1 is 1.26 bits per heavy atom. The van der Waals surface area contributed by atoms with E-state index in [-0.39, 0.29) is 5.91 Å². The summed E-state index contributed by atoms with van der Waals surface area (Å²) in [6.07, 6.45) is 0. The van der Waals surface area contributed by atoms with Crippen LogP contribution in [0.4, 0.5) is 5.69 Å². The fourth-order valence-corrected chi connectivity index (χ4v) is 1.50. The van der Waals surface area contributed by atoms with Crippen molar-refractivity contribution in [3.8, 4) is 6.07 Å². The lowest BCUT2D eigenvalue weighted by Gasteiger charge is -2.21. The second-order valence-corrected chi connectivity index (χ2v) is 5.77. The predicted octanol–water partition coefficient (Wildman–Crippen LogP) is 2.48. The van der Waals surface area contributed by atoms with Gasteiger partial charge in [0, 0.05) is 25.2 Å². The summed E-state index contributed by atoms with van der Waals surface area (Å²) >= 11 is 0. The summed E-state index contributed by atoms with van der Waals surface area (Å²) < 4.78 is 0. The van der Waals surface area contributed by atoms with Gasteiger partial charge in [-0.2, -0.15) is 5.26 Å². The Morgan fingerprint density at radius 3 is 2.16 bits per heavy atom. The maximum absolute atomic E-state index is 11.9. The minimum atomic E-state index is -0.608. The van der Waals surface area contributed by atoms with E-state index in [0.29, 0.717) is 0 Å². The summed E-state index contributed by atoms with van der Waals surface area (Å²) in [5.74, 6) is -0.129. The zero-order chi connectivity index (χ0) is 14.6. The topological polar surface area (TPSA) is 56.1 Å². The summed E-state index contributed by atoms with van der Waals surface area (Å²) in [7, 11) is 3.91. The molecule has 0 bridgehead atoms. The van der Waals surface area contributed by atoms with E-state index in [1.165, 1.54) is 0 Å². The number of hydrogen-bond acceptors (Lipinski definition) is 3. The minimum Gasteiger partial charge on any atom is -0.378 e. The first kappa shape index (κ1) is 15.0. The standard InChI is InChI=1S/C15H21N3O/c1-15(2,3)14(19)17-13(10-16)11-6-8-12(9-7-11)18(4)5/h6-9,13H,1-5H3,(H,17,19). The Morgan fingerprint density at radius 2 is 1.79 bits per heavy atom. The van der Waals surface area contributed by atoms with Gasteiger partial charge in [-0.1, -0.05) is 32.9 Å². The lowest BCUT2D eigenvalue weighted by atomic mass is 9.94. The molecule has 1 N–H and O–H groups in total. The zero-order valence-corrected chi connectivity index (χ0v) is 12.2. The van der Waals surface area contributed by atoms with Gasteiger partial charge in [0.05, 0.1) is 6.07 Å². The molecule has 0 aliphatic carbocycles. The van der Waals surface area contributed by atoms with Gasteiger partial charge in [-0.05, 0) is 17.7 Å². The quantitative estimate of drug-likeness (QED) is 0.907. The average molecular weight is 259 g/mol. The molecule has 1 unspecified atom stereocenters. The number of rotatable bonds is 3. The Kier molecular flexibility index (Phi) is 4.55. The van der Waals surface area contributed by atoms with Crippen LogP contribution in [0.2, 0.25) is 0 Å². The Bertz CT molecular complexity index is 478. The number of benzene rings is 1. The molecule has 4 nitrogen and oxygen atoms in total. The van der Waals surface area contributed by atoms with Crippen molar-refractivity contribution in [2.75, 3.05) is 19.0 Å². The van der Waals surface area contributed by atoms with E-state index in [4.69, 9.17) is 0 Å². The molecule has 0 aromatic heterocycles. The minimum absolute atomic E-state index is 0.129. The molecule has 0 fully saturated rings. The summed E-state index contributed by atoms with van der Waals surface area (Å²) in [5.41, 5.74) is 1.35. The van der Waals surface area contributed by atoms with Crippen molar-refractivity contribution in [1.29, 1.82) is 5.26 Å². The van der Waals surface area contributed by atoms with Gasteiger partial charge < -0.3 is 10.2 Å². The first-order chi connectivity index (χ1) is 8.75. The summed E-state index contributed by atoms with van der Waals surface area (Å²) in [5, 5.41) is 12.0. The van der Waals surface area contributed by atoms with Crippen molar-refractivity contribution < 1.29 is 4.79 Å². The maximum atomic E-state index is 11.9. The first-order valence-corrected chi connectivity index (χ1v) is 6.23. The monoisotopic (exact) mass is 259 g/mol. The fraction of sp³-hybridized carbons (Fsp3) is 0.467. The molecule has 0 aliphatic heterocycles. The number of anilines is 1. The van der Waals surface area contributed by atoms with E-state index in [1.807, 2.05) is 64.0 Å². The van der Waals surface area contributed by atoms with Gasteiger partial charge in [0.15, 0.2) is 0 Å². The molecule has 19 heavy (non-hydrogen) atoms. The molecular weight excluding hydrogens is 238 g/mol. The number of nitrogens with one attached hydrogen (secondary N) is 1. The zero-order valence-electron chi connectivity index (χ0n) is 12.2. The maximum Gasteiger partial charge on any atom is 0.226 e. The number of hydrogen-bond donors (Lipinski definition) is 1. The second-order valence-electron chi connectivity index (χ2n) is 5.77. The van der Waals surface area contributed by atoms with Crippen LogP contribution in [0.15, 0.2) is 24.3 Å². The third kappa shape index (κ3) is 3.99. The third-order valence-electron chi connectivity index (χ3n) is 2.83. The van der Waals surface area contributed by atoms with Crippen LogP contribution in [0.5, 0.6) is 0 Å². The number of amides is 1. The van der Waals surface area contributed by atoms with E-state index in [1.54, 1.807) is 0 Å². The highest BCUT2D eigenvalue weighted by Crippen LogP contribution is 2.20. The van der Waals surface area contributed by atoms with Crippen LogP contribution >= 0.6 is 0 Å². The van der Waals surface area contributed by atoms with E-state index >= 15 is 0 Å². The first-order valence-electron chi connectivity index (χ1n) is 6.23. The molecule has 1 amide bonds. The highest BCUT2D eigenvalue weighted by molar-refractivity contribution is 5.82. The van der Waals surface area contributed by atoms with Crippen LogP contribution in [0, 0.1) is 16.7 Å². The van der Waals surface area contributed by atoms with Gasteiger partial charge in [0.1, 0.15) is 6.04 Å². The van der Waals surface area contributed by atoms with Crippen LogP contribution in [-0.4, -0.2) is 20.0 Å². The van der Waals surface area contributed by atoms with Gasteiger partial charge >= 0.3 is 0 Å². The summed E-state index contributed by atoms with van der Waals surface area (Å²) in [4.78, 5) is 13.9. The van der Waals surface area contributed by atoms with Crippen molar-refractivity contribution in [3.05, 3.63) is 29.8 Å². The van der Waals surface area contributed by atoms with Crippen molar-refractivity contribution in [1.82, 2.24) is 5.32 Å². The van der Waals surface area contributed by atoms with Crippen molar-refractivity contribution in [3.63, 3.8) is 0 Å². The smallest absolute Gasteiger partial charge is 0.226 e. The van der Waals surface area contributed by atoms with E-state index in [9.17, 15) is 10.1 Å². The molecular formula is C15H21N3O. The largest absolute Gasteiger partial charge is 0.378 e. The molecule has 0 saturated carbocycles. The Labute approximate surface area is 115 Å². The van der Waals surface area contributed by atoms with Crippen LogP contribution in [0.3, 0.4) is 0 Å². The SMILES string of the molecule is CN(C)c1ccc(C(C#N)NC(=O)C(C)(C)C)cc1. The van der Waals surface area contributed by atoms with Gasteiger partial charge in [0.2, 0.25) is 5.91 Å². The second kappa shape index (κ2) is 5.75. The summed E-state index contributed by atoms with van der Waals surface area (Å²) in [6, 6.07) is 9.12. The molecule has 0 aliphatic rings. The molecule has 0 saturated heterocycles. The Hall–Kier alpha value is -2.02. The number of nitrogens with zero attached hydrogens (tertiary/aromatic N) is 2. The van der Waals surface area contributed by atoms with E-state index in [2.05, 4.69) is 11.4 Å². The van der Waals surface area contributed by atoms with Crippen molar-refractivity contribution in [2.45, 2.75) is 26.8 Å². The molecule has 0 heterocycles. The van der Waals surface area contributed by atoms with Crippen LogP contribution in [0.1, 0.15) is 32.4 Å². The normalized spacial score (nSPS) is 12.4.